The van der Waals surface area contributed by atoms with Crippen LogP contribution >= 0.6 is 0 Å². The Kier molecular flexibility index (Phi) is 5.54. The lowest BCUT2D eigenvalue weighted by Crippen LogP contribution is -2.46. The molecule has 2 saturated carbocycles. The third-order valence-corrected chi connectivity index (χ3v) is 5.93. The summed E-state index contributed by atoms with van der Waals surface area (Å²) in [4.78, 5) is 0. The molecule has 4 rings (SSSR count). The highest BCUT2D eigenvalue weighted by Gasteiger charge is 2.42. The minimum absolute atomic E-state index is 0.0736. The van der Waals surface area contributed by atoms with Crippen LogP contribution in [0.25, 0.3) is 10.8 Å². The van der Waals surface area contributed by atoms with Gasteiger partial charge in [-0.05, 0) is 74.1 Å². The van der Waals surface area contributed by atoms with Gasteiger partial charge in [0, 0.05) is 12.1 Å². The number of fused-ring (bicyclic) bond motifs is 1. The zero-order chi connectivity index (χ0) is 18.9. The van der Waals surface area contributed by atoms with Crippen LogP contribution in [0, 0.1) is 11.8 Å². The van der Waals surface area contributed by atoms with Gasteiger partial charge in [0.1, 0.15) is 0 Å². The molecule has 0 saturated heterocycles. The lowest BCUT2D eigenvalue weighted by Gasteiger charge is -2.28. The van der Waals surface area contributed by atoms with Crippen molar-refractivity contribution in [2.24, 2.45) is 11.8 Å². The van der Waals surface area contributed by atoms with E-state index in [9.17, 15) is 5.11 Å². The number of rotatable bonds is 10. The van der Waals surface area contributed by atoms with Gasteiger partial charge in [-0.25, -0.2) is 0 Å². The van der Waals surface area contributed by atoms with Crippen molar-refractivity contribution in [2.75, 3.05) is 13.2 Å². The summed E-state index contributed by atoms with van der Waals surface area (Å²) in [7, 11) is 0. The maximum Gasteiger partial charge on any atom is 0.0898 e. The average molecular weight is 368 g/mol. The standard InChI is InChI=1S/C24H33NO2/c1-24(2,14-17-7-8-18-5-3-4-6-21(18)13-17)25-15-22(26)16-27-23(19-9-10-19)20-11-12-20/h3-8,13,19-20,22-23,25-26H,9-12,14-16H2,1-2H3. The van der Waals surface area contributed by atoms with Gasteiger partial charge < -0.3 is 15.2 Å². The molecule has 0 spiro atoms. The first kappa shape index (κ1) is 18.9. The highest BCUT2D eigenvalue weighted by atomic mass is 16.5. The fourth-order valence-electron chi connectivity index (χ4n) is 4.10. The summed E-state index contributed by atoms with van der Waals surface area (Å²) in [6.07, 6.45) is 6.15. The Balaban J connectivity index is 1.25. The van der Waals surface area contributed by atoms with Crippen LogP contribution in [-0.4, -0.2) is 36.0 Å². The molecule has 2 aromatic rings. The number of ether oxygens (including phenoxy) is 1. The summed E-state index contributed by atoms with van der Waals surface area (Å²) in [5.41, 5.74) is 1.25. The number of β-amino-alcohol motifs (C(OH)–C–C–N with tert-alkyl or cyclic N) is 1. The molecule has 0 heterocycles. The third-order valence-electron chi connectivity index (χ3n) is 5.93. The van der Waals surface area contributed by atoms with E-state index in [-0.39, 0.29) is 5.54 Å². The molecule has 27 heavy (non-hydrogen) atoms. The SMILES string of the molecule is CC(C)(Cc1ccc2ccccc2c1)NCC(O)COC(C1CC1)C1CC1. The molecule has 0 aromatic heterocycles. The van der Waals surface area contributed by atoms with E-state index < -0.39 is 6.10 Å². The van der Waals surface area contributed by atoms with Gasteiger partial charge in [0.25, 0.3) is 0 Å². The minimum atomic E-state index is -0.444. The smallest absolute Gasteiger partial charge is 0.0898 e. The molecule has 0 radical (unpaired) electrons. The Morgan fingerprint density at radius 3 is 2.37 bits per heavy atom. The molecule has 2 N–H and O–H groups in total. The molecule has 1 atom stereocenters. The van der Waals surface area contributed by atoms with Gasteiger partial charge in [0.2, 0.25) is 0 Å². The summed E-state index contributed by atoms with van der Waals surface area (Å²) in [5.74, 6) is 1.53. The lowest BCUT2D eigenvalue weighted by molar-refractivity contribution is -0.0290. The Hall–Kier alpha value is -1.42. The Morgan fingerprint density at radius 2 is 1.70 bits per heavy atom. The largest absolute Gasteiger partial charge is 0.389 e. The topological polar surface area (TPSA) is 41.5 Å². The van der Waals surface area contributed by atoms with Crippen LogP contribution in [0.4, 0.5) is 0 Å². The zero-order valence-corrected chi connectivity index (χ0v) is 16.7. The van der Waals surface area contributed by atoms with Crippen molar-refractivity contribution >= 4 is 10.8 Å². The number of aliphatic hydroxyl groups is 1. The Labute approximate surface area is 163 Å². The molecule has 2 fully saturated rings. The van der Waals surface area contributed by atoms with E-state index in [1.165, 1.54) is 42.0 Å². The molecule has 0 amide bonds. The molecule has 2 aromatic carbocycles. The van der Waals surface area contributed by atoms with E-state index in [1.54, 1.807) is 0 Å². The van der Waals surface area contributed by atoms with Crippen LogP contribution in [-0.2, 0) is 11.2 Å². The molecule has 3 nitrogen and oxygen atoms in total. The van der Waals surface area contributed by atoms with Gasteiger partial charge in [-0.1, -0.05) is 42.5 Å². The number of hydrogen-bond acceptors (Lipinski definition) is 3. The fourth-order valence-corrected chi connectivity index (χ4v) is 4.10. The summed E-state index contributed by atoms with van der Waals surface area (Å²) < 4.78 is 6.09. The fraction of sp³-hybridized carbons (Fsp3) is 0.583. The van der Waals surface area contributed by atoms with Crippen LogP contribution in [0.1, 0.15) is 45.1 Å². The van der Waals surface area contributed by atoms with Crippen LogP contribution in [0.5, 0.6) is 0 Å². The molecule has 146 valence electrons. The summed E-state index contributed by atoms with van der Waals surface area (Å²) in [6.45, 7) is 5.43. The first-order valence-electron chi connectivity index (χ1n) is 10.5. The lowest BCUT2D eigenvalue weighted by atomic mass is 9.93. The molecule has 1 unspecified atom stereocenters. The summed E-state index contributed by atoms with van der Waals surface area (Å²) in [5, 5.41) is 16.5. The van der Waals surface area contributed by atoms with E-state index in [2.05, 4.69) is 61.6 Å². The van der Waals surface area contributed by atoms with Gasteiger partial charge in [-0.2, -0.15) is 0 Å². The summed E-state index contributed by atoms with van der Waals surface area (Å²) >= 11 is 0. The second-order valence-electron chi connectivity index (χ2n) is 9.25. The maximum absolute atomic E-state index is 10.4. The molecular weight excluding hydrogens is 334 g/mol. The van der Waals surface area contributed by atoms with Crippen molar-refractivity contribution in [3.05, 3.63) is 48.0 Å². The average Bonchev–Trinajstić information content (AvgIpc) is 3.53. The molecule has 2 aliphatic carbocycles. The highest BCUT2D eigenvalue weighted by molar-refractivity contribution is 5.83. The van der Waals surface area contributed by atoms with Gasteiger partial charge in [0.05, 0.1) is 18.8 Å². The van der Waals surface area contributed by atoms with Crippen molar-refractivity contribution in [2.45, 2.75) is 63.7 Å². The highest BCUT2D eigenvalue weighted by Crippen LogP contribution is 2.46. The van der Waals surface area contributed by atoms with Crippen LogP contribution in [0.3, 0.4) is 0 Å². The van der Waals surface area contributed by atoms with Gasteiger partial charge in [-0.3, -0.25) is 0 Å². The van der Waals surface area contributed by atoms with E-state index in [1.807, 2.05) is 0 Å². The minimum Gasteiger partial charge on any atom is -0.389 e. The van der Waals surface area contributed by atoms with Crippen LogP contribution < -0.4 is 5.32 Å². The maximum atomic E-state index is 10.4. The molecule has 3 heteroatoms. The van der Waals surface area contributed by atoms with Crippen molar-refractivity contribution in [3.63, 3.8) is 0 Å². The van der Waals surface area contributed by atoms with Crippen molar-refractivity contribution in [3.8, 4) is 0 Å². The Bertz CT molecular complexity index is 752. The zero-order valence-electron chi connectivity index (χ0n) is 16.7. The first-order valence-corrected chi connectivity index (χ1v) is 10.5. The van der Waals surface area contributed by atoms with Gasteiger partial charge in [0.15, 0.2) is 0 Å². The van der Waals surface area contributed by atoms with E-state index in [0.29, 0.717) is 19.3 Å². The van der Waals surface area contributed by atoms with Gasteiger partial charge in [-0.15, -0.1) is 0 Å². The van der Waals surface area contributed by atoms with E-state index in [0.717, 1.165) is 18.3 Å². The van der Waals surface area contributed by atoms with Crippen molar-refractivity contribution in [1.82, 2.24) is 5.32 Å². The number of hydrogen-bond donors (Lipinski definition) is 2. The molecule has 0 bridgehead atoms. The predicted octanol–water partition coefficient (Wildman–Crippen LogP) is 4.32. The second-order valence-corrected chi connectivity index (χ2v) is 9.25. The molecule has 2 aliphatic rings. The Morgan fingerprint density at radius 1 is 1.04 bits per heavy atom. The third kappa shape index (κ3) is 5.31. The van der Waals surface area contributed by atoms with Crippen LogP contribution in [0.15, 0.2) is 42.5 Å². The second kappa shape index (κ2) is 7.90. The molecule has 0 aliphatic heterocycles. The first-order chi connectivity index (χ1) is 13.0. The number of nitrogens with one attached hydrogen (secondary N) is 1. The van der Waals surface area contributed by atoms with Crippen molar-refractivity contribution in [1.29, 1.82) is 0 Å². The van der Waals surface area contributed by atoms with E-state index in [4.69, 9.17) is 4.74 Å². The monoisotopic (exact) mass is 367 g/mol. The van der Waals surface area contributed by atoms with Crippen molar-refractivity contribution < 1.29 is 9.84 Å². The number of benzene rings is 2. The predicted molar refractivity (Wildman–Crippen MR) is 111 cm³/mol. The van der Waals surface area contributed by atoms with Crippen LogP contribution in [0.2, 0.25) is 0 Å². The van der Waals surface area contributed by atoms with Gasteiger partial charge >= 0.3 is 0 Å². The number of aliphatic hydroxyl groups excluding tert-OH is 1. The normalized spacial score (nSPS) is 19.0. The van der Waals surface area contributed by atoms with E-state index >= 15 is 0 Å². The quantitative estimate of drug-likeness (QED) is 0.657. The summed E-state index contributed by atoms with van der Waals surface area (Å²) in [6, 6.07) is 15.1. The molecular formula is C24H33NO2.